The minimum atomic E-state index is -1.39. The number of hydrogen-bond donors (Lipinski definition) is 3. The molecule has 0 radical (unpaired) electrons. The Bertz CT molecular complexity index is 1080. The molecule has 144 valence electrons. The minimum absolute atomic E-state index is 0.209. The van der Waals surface area contributed by atoms with E-state index in [1.165, 1.54) is 12.1 Å². The third-order valence-electron chi connectivity index (χ3n) is 5.15. The maximum atomic E-state index is 13.5. The van der Waals surface area contributed by atoms with Crippen molar-refractivity contribution in [2.75, 3.05) is 0 Å². The maximum Gasteiger partial charge on any atom is 0.164 e. The molecule has 0 spiro atoms. The summed E-state index contributed by atoms with van der Waals surface area (Å²) < 4.78 is 20.9. The van der Waals surface area contributed by atoms with Gasteiger partial charge in [-0.15, -0.1) is 0 Å². The van der Waals surface area contributed by atoms with Gasteiger partial charge >= 0.3 is 0 Å². The van der Waals surface area contributed by atoms with Crippen molar-refractivity contribution in [1.82, 2.24) is 9.55 Å². The molecular weight excluding hydrogens is 365 g/mol. The van der Waals surface area contributed by atoms with E-state index in [1.54, 1.807) is 23.0 Å². The lowest BCUT2D eigenvalue weighted by atomic mass is 9.98. The number of benzene rings is 1. The van der Waals surface area contributed by atoms with Gasteiger partial charge in [0.25, 0.3) is 0 Å². The zero-order valence-electron chi connectivity index (χ0n) is 14.9. The van der Waals surface area contributed by atoms with Crippen molar-refractivity contribution >= 4 is 11.0 Å². The first-order valence-corrected chi connectivity index (χ1v) is 8.73. The van der Waals surface area contributed by atoms with E-state index >= 15 is 0 Å². The second kappa shape index (κ2) is 6.96. The second-order valence-corrected chi connectivity index (χ2v) is 6.86. The van der Waals surface area contributed by atoms with E-state index in [-0.39, 0.29) is 11.1 Å². The fourth-order valence-corrected chi connectivity index (χ4v) is 3.58. The number of aliphatic hydroxyl groups excluding tert-OH is 3. The molecule has 0 aliphatic carbocycles. The van der Waals surface area contributed by atoms with Gasteiger partial charge in [0.2, 0.25) is 0 Å². The summed E-state index contributed by atoms with van der Waals surface area (Å²) in [5.74, 6) is -0.704. The van der Waals surface area contributed by atoms with Gasteiger partial charge in [0, 0.05) is 17.8 Å². The topological polar surface area (TPSA) is 112 Å². The molecule has 7 nitrogen and oxygen atoms in total. The van der Waals surface area contributed by atoms with Gasteiger partial charge in [-0.1, -0.05) is 6.07 Å². The lowest BCUT2D eigenvalue weighted by Gasteiger charge is -2.21. The van der Waals surface area contributed by atoms with E-state index in [9.17, 15) is 19.7 Å². The minimum Gasteiger partial charge on any atom is -0.387 e. The highest BCUT2D eigenvalue weighted by Gasteiger charge is 2.47. The smallest absolute Gasteiger partial charge is 0.164 e. The number of pyridine rings is 1. The fourth-order valence-electron chi connectivity index (χ4n) is 3.58. The van der Waals surface area contributed by atoms with Gasteiger partial charge in [0.15, 0.2) is 6.23 Å². The van der Waals surface area contributed by atoms with Crippen LogP contribution in [0, 0.1) is 24.1 Å². The lowest BCUT2D eigenvalue weighted by Crippen LogP contribution is -2.34. The van der Waals surface area contributed by atoms with E-state index in [4.69, 9.17) is 10.00 Å². The molecule has 5 unspecified atom stereocenters. The molecule has 1 aromatic carbocycles. The Balaban J connectivity index is 1.66. The molecule has 1 aliphatic heterocycles. The number of aryl methyl sites for hydroxylation is 1. The summed E-state index contributed by atoms with van der Waals surface area (Å²) in [6, 6.07) is 8.99. The van der Waals surface area contributed by atoms with Gasteiger partial charge in [-0.2, -0.15) is 5.26 Å². The molecule has 5 atom stereocenters. The van der Waals surface area contributed by atoms with Crippen molar-refractivity contribution in [2.24, 2.45) is 0 Å². The Kier molecular flexibility index (Phi) is 4.61. The largest absolute Gasteiger partial charge is 0.387 e. The molecule has 0 saturated carbocycles. The first-order valence-electron chi connectivity index (χ1n) is 8.73. The van der Waals surface area contributed by atoms with Crippen molar-refractivity contribution < 1.29 is 24.4 Å². The molecule has 1 fully saturated rings. The quantitative estimate of drug-likeness (QED) is 0.635. The zero-order valence-corrected chi connectivity index (χ0v) is 14.9. The number of rotatable bonds is 3. The number of nitriles is 1. The Morgan fingerprint density at radius 3 is 2.79 bits per heavy atom. The summed E-state index contributed by atoms with van der Waals surface area (Å²) >= 11 is 0. The Hall–Kier alpha value is -2.83. The molecule has 4 rings (SSSR count). The van der Waals surface area contributed by atoms with Crippen LogP contribution in [0.5, 0.6) is 0 Å². The fraction of sp³-hybridized carbons (Fsp3) is 0.300. The van der Waals surface area contributed by atoms with Crippen molar-refractivity contribution in [2.45, 2.75) is 37.6 Å². The van der Waals surface area contributed by atoms with Crippen LogP contribution in [0.4, 0.5) is 4.39 Å². The van der Waals surface area contributed by atoms with Crippen molar-refractivity contribution in [3.63, 3.8) is 0 Å². The van der Waals surface area contributed by atoms with E-state index in [0.29, 0.717) is 5.65 Å². The molecule has 1 aliphatic rings. The predicted molar refractivity (Wildman–Crippen MR) is 96.5 cm³/mol. The summed E-state index contributed by atoms with van der Waals surface area (Å²) in [6.07, 6.45) is -2.85. The van der Waals surface area contributed by atoms with Crippen LogP contribution in [0.2, 0.25) is 0 Å². The van der Waals surface area contributed by atoms with Crippen LogP contribution in [0.1, 0.15) is 29.0 Å². The molecular formula is C20H18FN3O4. The third-order valence-corrected chi connectivity index (χ3v) is 5.15. The zero-order chi connectivity index (χ0) is 20.0. The van der Waals surface area contributed by atoms with Gasteiger partial charge in [-0.25, -0.2) is 9.37 Å². The summed E-state index contributed by atoms with van der Waals surface area (Å²) in [5, 5.41) is 41.5. The van der Waals surface area contributed by atoms with Crippen LogP contribution in [0.25, 0.3) is 11.0 Å². The molecule has 8 heteroatoms. The van der Waals surface area contributed by atoms with Crippen LogP contribution >= 0.6 is 0 Å². The lowest BCUT2D eigenvalue weighted by molar-refractivity contribution is -0.0848. The Morgan fingerprint density at radius 1 is 1.25 bits per heavy atom. The first kappa shape index (κ1) is 18.5. The third kappa shape index (κ3) is 2.85. The number of hydrogen-bond acceptors (Lipinski definition) is 6. The van der Waals surface area contributed by atoms with E-state index in [2.05, 4.69) is 4.98 Å². The standard InChI is InChI=1S/C20H18FN3O4/c1-10-4-6-23-19-13(10)5-7-24(19)20-17(27)16(26)18(28-20)15(25)11-2-3-14(21)12(8-11)9-22/h2-8,15-18,20,25-27H,1H3. The summed E-state index contributed by atoms with van der Waals surface area (Å²) in [4.78, 5) is 4.32. The second-order valence-electron chi connectivity index (χ2n) is 6.86. The van der Waals surface area contributed by atoms with Crippen molar-refractivity contribution in [3.05, 3.63) is 65.2 Å². The molecule has 2 aromatic heterocycles. The van der Waals surface area contributed by atoms with Gasteiger partial charge in [0.05, 0.1) is 5.56 Å². The Labute approximate surface area is 159 Å². The molecule has 1 saturated heterocycles. The predicted octanol–water partition coefficient (Wildman–Crippen LogP) is 1.71. The molecule has 3 N–H and O–H groups in total. The normalized spacial score (nSPS) is 25.7. The van der Waals surface area contributed by atoms with Crippen LogP contribution in [0.15, 0.2) is 42.7 Å². The molecule has 0 bridgehead atoms. The number of ether oxygens (including phenoxy) is 1. The van der Waals surface area contributed by atoms with Gasteiger partial charge in [0.1, 0.15) is 41.9 Å². The average Bonchev–Trinajstić information content (AvgIpc) is 3.24. The SMILES string of the molecule is Cc1ccnc2c1ccn2C1OC(C(O)c2ccc(F)c(C#N)c2)C(O)C1O. The highest BCUT2D eigenvalue weighted by atomic mass is 19.1. The summed E-state index contributed by atoms with van der Waals surface area (Å²) in [7, 11) is 0. The number of nitrogens with zero attached hydrogens (tertiary/aromatic N) is 3. The molecule has 0 amide bonds. The van der Waals surface area contributed by atoms with E-state index in [1.807, 2.05) is 19.1 Å². The number of fused-ring (bicyclic) bond motifs is 1. The Morgan fingerprint density at radius 2 is 2.04 bits per heavy atom. The first-order chi connectivity index (χ1) is 13.4. The van der Waals surface area contributed by atoms with Crippen LogP contribution in [-0.4, -0.2) is 43.2 Å². The van der Waals surface area contributed by atoms with Crippen molar-refractivity contribution in [1.29, 1.82) is 5.26 Å². The number of halogens is 1. The van der Waals surface area contributed by atoms with E-state index in [0.717, 1.165) is 17.0 Å². The molecule has 3 heterocycles. The summed E-state index contributed by atoms with van der Waals surface area (Å²) in [6.45, 7) is 1.93. The molecule has 28 heavy (non-hydrogen) atoms. The van der Waals surface area contributed by atoms with Gasteiger partial charge < -0.3 is 24.6 Å². The molecule has 3 aromatic rings. The van der Waals surface area contributed by atoms with Gasteiger partial charge in [-0.3, -0.25) is 0 Å². The monoisotopic (exact) mass is 383 g/mol. The highest BCUT2D eigenvalue weighted by Crippen LogP contribution is 2.37. The van der Waals surface area contributed by atoms with E-state index < -0.39 is 36.5 Å². The maximum absolute atomic E-state index is 13.5. The number of aromatic nitrogens is 2. The van der Waals surface area contributed by atoms with Crippen LogP contribution in [-0.2, 0) is 4.74 Å². The van der Waals surface area contributed by atoms with Crippen LogP contribution < -0.4 is 0 Å². The average molecular weight is 383 g/mol. The van der Waals surface area contributed by atoms with Crippen LogP contribution in [0.3, 0.4) is 0 Å². The van der Waals surface area contributed by atoms with Gasteiger partial charge in [-0.05, 0) is 42.3 Å². The van der Waals surface area contributed by atoms with Crippen molar-refractivity contribution in [3.8, 4) is 6.07 Å². The summed E-state index contributed by atoms with van der Waals surface area (Å²) in [5.41, 5.74) is 1.57. The number of aliphatic hydroxyl groups is 3. The highest BCUT2D eigenvalue weighted by molar-refractivity contribution is 5.79.